The highest BCUT2D eigenvalue weighted by Crippen LogP contribution is 2.30. The molecule has 1 rings (SSSR count). The Balaban J connectivity index is 2.88. The van der Waals surface area contributed by atoms with Crippen LogP contribution in [0.25, 0.3) is 0 Å². The summed E-state index contributed by atoms with van der Waals surface area (Å²) in [6, 6.07) is 5.90. The summed E-state index contributed by atoms with van der Waals surface area (Å²) in [6.07, 6.45) is 2.25. The lowest BCUT2D eigenvalue weighted by molar-refractivity contribution is 0.182. The Labute approximate surface area is 104 Å². The van der Waals surface area contributed by atoms with Crippen LogP contribution in [0.5, 0.6) is 11.5 Å². The molecular weight excluding hydrogens is 214 g/mol. The minimum absolute atomic E-state index is 0.248. The maximum atomic E-state index is 5.93. The number of rotatable bonds is 7. The van der Waals surface area contributed by atoms with Crippen molar-refractivity contribution in [3.8, 4) is 11.5 Å². The van der Waals surface area contributed by atoms with E-state index in [-0.39, 0.29) is 6.10 Å². The third-order valence-electron chi connectivity index (χ3n) is 2.75. The summed E-state index contributed by atoms with van der Waals surface area (Å²) in [4.78, 5) is 0. The van der Waals surface area contributed by atoms with E-state index in [1.54, 1.807) is 0 Å². The number of benzene rings is 1. The summed E-state index contributed by atoms with van der Waals surface area (Å²) in [7, 11) is 0. The summed E-state index contributed by atoms with van der Waals surface area (Å²) in [5.74, 6) is 1.61. The number of ether oxygens (including phenoxy) is 2. The quantitative estimate of drug-likeness (QED) is 0.792. The molecule has 0 aliphatic carbocycles. The van der Waals surface area contributed by atoms with Crippen LogP contribution < -0.4 is 15.2 Å². The third-order valence-corrected chi connectivity index (χ3v) is 2.75. The van der Waals surface area contributed by atoms with Crippen LogP contribution in [0.4, 0.5) is 0 Å². The maximum absolute atomic E-state index is 5.93. The van der Waals surface area contributed by atoms with Crippen LogP contribution >= 0.6 is 0 Å². The van der Waals surface area contributed by atoms with E-state index >= 15 is 0 Å². The van der Waals surface area contributed by atoms with Gasteiger partial charge in [0.25, 0.3) is 0 Å². The summed E-state index contributed by atoms with van der Waals surface area (Å²) >= 11 is 0. The molecule has 0 bridgehead atoms. The average Bonchev–Trinajstić information content (AvgIpc) is 2.37. The molecule has 0 saturated heterocycles. The predicted molar refractivity (Wildman–Crippen MR) is 70.5 cm³/mol. The minimum atomic E-state index is 0.248. The van der Waals surface area contributed by atoms with Gasteiger partial charge in [0.05, 0.1) is 12.7 Å². The van der Waals surface area contributed by atoms with Crippen molar-refractivity contribution < 1.29 is 9.47 Å². The molecule has 0 heterocycles. The summed E-state index contributed by atoms with van der Waals surface area (Å²) < 4.78 is 11.5. The predicted octanol–water partition coefficient (Wildman–Crippen LogP) is 3.11. The molecule has 3 nitrogen and oxygen atoms in total. The molecule has 0 fully saturated rings. The van der Waals surface area contributed by atoms with E-state index in [4.69, 9.17) is 15.2 Å². The van der Waals surface area contributed by atoms with Gasteiger partial charge in [-0.15, -0.1) is 0 Å². The first-order valence-corrected chi connectivity index (χ1v) is 6.37. The maximum Gasteiger partial charge on any atom is 0.161 e. The normalized spacial score (nSPS) is 10.6. The Morgan fingerprint density at radius 1 is 1.12 bits per heavy atom. The fourth-order valence-electron chi connectivity index (χ4n) is 1.68. The van der Waals surface area contributed by atoms with Gasteiger partial charge in [0, 0.05) is 6.54 Å². The van der Waals surface area contributed by atoms with E-state index < -0.39 is 0 Å². The van der Waals surface area contributed by atoms with Gasteiger partial charge in [-0.05, 0) is 37.5 Å². The fourth-order valence-corrected chi connectivity index (χ4v) is 1.68. The largest absolute Gasteiger partial charge is 0.490 e. The lowest BCUT2D eigenvalue weighted by Crippen LogP contribution is -2.14. The van der Waals surface area contributed by atoms with Crippen LogP contribution in [0, 0.1) is 0 Å². The smallest absolute Gasteiger partial charge is 0.161 e. The topological polar surface area (TPSA) is 44.5 Å². The van der Waals surface area contributed by atoms with Crippen LogP contribution in [0.15, 0.2) is 18.2 Å². The molecule has 0 aliphatic heterocycles. The SMILES string of the molecule is CCOc1cc(CN)ccc1OC(CC)CC. The second-order valence-electron chi connectivity index (χ2n) is 3.97. The van der Waals surface area contributed by atoms with Crippen LogP contribution in [-0.2, 0) is 6.54 Å². The van der Waals surface area contributed by atoms with Crippen LogP contribution in [-0.4, -0.2) is 12.7 Å². The number of hydrogen-bond donors (Lipinski definition) is 1. The van der Waals surface area contributed by atoms with Gasteiger partial charge in [-0.25, -0.2) is 0 Å². The molecule has 0 radical (unpaired) electrons. The molecule has 2 N–H and O–H groups in total. The van der Waals surface area contributed by atoms with Gasteiger partial charge in [-0.1, -0.05) is 19.9 Å². The molecule has 0 amide bonds. The van der Waals surface area contributed by atoms with E-state index in [1.165, 1.54) is 0 Å². The van der Waals surface area contributed by atoms with Crippen molar-refractivity contribution in [3.05, 3.63) is 23.8 Å². The van der Waals surface area contributed by atoms with E-state index in [1.807, 2.05) is 25.1 Å². The summed E-state index contributed by atoms with van der Waals surface area (Å²) in [5.41, 5.74) is 6.68. The molecule has 0 aliphatic rings. The number of hydrogen-bond acceptors (Lipinski definition) is 3. The minimum Gasteiger partial charge on any atom is -0.490 e. The second kappa shape index (κ2) is 7.17. The van der Waals surface area contributed by atoms with Crippen molar-refractivity contribution >= 4 is 0 Å². The first-order chi connectivity index (χ1) is 8.24. The monoisotopic (exact) mass is 237 g/mol. The molecule has 0 aromatic heterocycles. The molecular formula is C14H23NO2. The molecule has 0 atom stereocenters. The first-order valence-electron chi connectivity index (χ1n) is 6.37. The Morgan fingerprint density at radius 2 is 1.82 bits per heavy atom. The van der Waals surface area contributed by atoms with Gasteiger partial charge in [-0.3, -0.25) is 0 Å². The van der Waals surface area contributed by atoms with Crippen molar-refractivity contribution in [2.75, 3.05) is 6.61 Å². The van der Waals surface area contributed by atoms with E-state index in [2.05, 4.69) is 13.8 Å². The first kappa shape index (κ1) is 13.8. The fraction of sp³-hybridized carbons (Fsp3) is 0.571. The lowest BCUT2D eigenvalue weighted by Gasteiger charge is -2.18. The molecule has 0 unspecified atom stereocenters. The van der Waals surface area contributed by atoms with Crippen LogP contribution in [0.1, 0.15) is 39.2 Å². The van der Waals surface area contributed by atoms with E-state index in [0.717, 1.165) is 29.9 Å². The van der Waals surface area contributed by atoms with E-state index in [0.29, 0.717) is 13.2 Å². The van der Waals surface area contributed by atoms with Crippen molar-refractivity contribution in [2.45, 2.75) is 46.3 Å². The lowest BCUT2D eigenvalue weighted by atomic mass is 10.2. The molecule has 0 saturated carbocycles. The van der Waals surface area contributed by atoms with Gasteiger partial charge in [0.1, 0.15) is 0 Å². The molecule has 0 spiro atoms. The zero-order valence-corrected chi connectivity index (χ0v) is 11.0. The average molecular weight is 237 g/mol. The third kappa shape index (κ3) is 3.93. The van der Waals surface area contributed by atoms with Crippen molar-refractivity contribution in [2.24, 2.45) is 5.73 Å². The molecule has 1 aromatic rings. The highest BCUT2D eigenvalue weighted by Gasteiger charge is 2.10. The van der Waals surface area contributed by atoms with Gasteiger partial charge in [0.2, 0.25) is 0 Å². The van der Waals surface area contributed by atoms with Gasteiger partial charge >= 0.3 is 0 Å². The van der Waals surface area contributed by atoms with Crippen molar-refractivity contribution in [3.63, 3.8) is 0 Å². The Bertz CT molecular complexity index is 335. The Hall–Kier alpha value is -1.22. The van der Waals surface area contributed by atoms with Gasteiger partial charge < -0.3 is 15.2 Å². The molecule has 1 aromatic carbocycles. The van der Waals surface area contributed by atoms with Gasteiger partial charge in [-0.2, -0.15) is 0 Å². The second-order valence-corrected chi connectivity index (χ2v) is 3.97. The number of nitrogens with two attached hydrogens (primary N) is 1. The summed E-state index contributed by atoms with van der Waals surface area (Å²) in [6.45, 7) is 7.38. The van der Waals surface area contributed by atoms with Crippen LogP contribution in [0.3, 0.4) is 0 Å². The Kier molecular flexibility index (Phi) is 5.84. The Morgan fingerprint density at radius 3 is 2.35 bits per heavy atom. The zero-order chi connectivity index (χ0) is 12.7. The van der Waals surface area contributed by atoms with Gasteiger partial charge in [0.15, 0.2) is 11.5 Å². The van der Waals surface area contributed by atoms with Crippen molar-refractivity contribution in [1.29, 1.82) is 0 Å². The summed E-state index contributed by atoms with van der Waals surface area (Å²) in [5, 5.41) is 0. The standard InChI is InChI=1S/C14H23NO2/c1-4-12(5-2)17-13-8-7-11(10-15)9-14(13)16-6-3/h7-9,12H,4-6,10,15H2,1-3H3. The highest BCUT2D eigenvalue weighted by atomic mass is 16.5. The molecule has 96 valence electrons. The highest BCUT2D eigenvalue weighted by molar-refractivity contribution is 5.43. The van der Waals surface area contributed by atoms with Crippen molar-refractivity contribution in [1.82, 2.24) is 0 Å². The van der Waals surface area contributed by atoms with Crippen LogP contribution in [0.2, 0.25) is 0 Å². The van der Waals surface area contributed by atoms with E-state index in [9.17, 15) is 0 Å². The zero-order valence-electron chi connectivity index (χ0n) is 11.0. The molecule has 17 heavy (non-hydrogen) atoms. The molecule has 3 heteroatoms.